The normalized spacial score (nSPS) is 13.9. The highest BCUT2D eigenvalue weighted by Crippen LogP contribution is 2.57. The predicted octanol–water partition coefficient (Wildman–Crippen LogP) is 9.62. The SMILES string of the molecule is CC(C)(C)OC(=O)N[C@H](Cc1cc(I)c(Oc2cc(I)c(OC(=O)c3ccc4c(c3)C3(OC4=O)c4ccc(O)cc4Oc4cc(O)ccc43)c(I)c2)c(I)c1)C(=O)O. The van der Waals surface area contributed by atoms with Gasteiger partial charge in [-0.05, 0) is 183 Å². The number of aromatic hydroxyl groups is 2. The third-order valence-electron chi connectivity index (χ3n) is 8.88. The van der Waals surface area contributed by atoms with Crippen molar-refractivity contribution in [3.63, 3.8) is 0 Å². The van der Waals surface area contributed by atoms with Crippen molar-refractivity contribution < 1.29 is 58.2 Å². The van der Waals surface area contributed by atoms with E-state index in [4.69, 9.17) is 23.7 Å². The second kappa shape index (κ2) is 16.2. The molecule has 13 nitrogen and oxygen atoms in total. The Bertz CT molecular complexity index is 2470. The van der Waals surface area contributed by atoms with Crippen LogP contribution in [0, 0.1) is 14.3 Å². The number of hydrogen-bond donors (Lipinski definition) is 4. The summed E-state index contributed by atoms with van der Waals surface area (Å²) < 4.78 is 32.2. The number of nitrogens with one attached hydrogen (secondary N) is 1. The first-order chi connectivity index (χ1) is 27.3. The zero-order chi connectivity index (χ0) is 41.8. The van der Waals surface area contributed by atoms with Crippen LogP contribution in [-0.4, -0.2) is 51.0 Å². The summed E-state index contributed by atoms with van der Waals surface area (Å²) in [5.74, 6) is -1.03. The van der Waals surface area contributed by atoms with Gasteiger partial charge in [-0.2, -0.15) is 0 Å². The lowest BCUT2D eigenvalue weighted by molar-refractivity contribution is -0.139. The third-order valence-corrected chi connectivity index (χ3v) is 12.1. The number of halogens is 4. The van der Waals surface area contributed by atoms with Crippen molar-refractivity contribution >= 4 is 114 Å². The number of carboxylic acid groups (broad SMARTS) is 1. The molecule has 298 valence electrons. The quantitative estimate of drug-likeness (QED) is 0.0656. The number of phenolic OH excluding ortho intramolecular Hbond substituents is 2. The van der Waals surface area contributed by atoms with Crippen LogP contribution in [0.5, 0.6) is 40.2 Å². The topological polar surface area (TPSA) is 187 Å². The van der Waals surface area contributed by atoms with E-state index in [1.165, 1.54) is 42.5 Å². The molecule has 0 aromatic heterocycles. The molecule has 1 spiro atoms. The van der Waals surface area contributed by atoms with Gasteiger partial charge in [0.15, 0.2) is 17.1 Å². The fourth-order valence-electron chi connectivity index (χ4n) is 6.50. The van der Waals surface area contributed by atoms with Crippen molar-refractivity contribution in [1.82, 2.24) is 5.32 Å². The van der Waals surface area contributed by atoms with Crippen molar-refractivity contribution in [2.75, 3.05) is 0 Å². The molecule has 58 heavy (non-hydrogen) atoms. The van der Waals surface area contributed by atoms with Gasteiger partial charge < -0.3 is 44.3 Å². The van der Waals surface area contributed by atoms with Gasteiger partial charge in [0.1, 0.15) is 40.4 Å². The Kier molecular flexibility index (Phi) is 11.7. The number of alkyl carbamates (subject to hydrolysis) is 1. The number of ether oxygens (including phenoxy) is 5. The van der Waals surface area contributed by atoms with E-state index in [1.807, 2.05) is 45.2 Å². The molecular weight excluding hydrogens is 1210 g/mol. The number of fused-ring (bicyclic) bond motifs is 6. The molecule has 0 aliphatic carbocycles. The summed E-state index contributed by atoms with van der Waals surface area (Å²) in [5, 5.41) is 32.7. The van der Waals surface area contributed by atoms with E-state index in [1.54, 1.807) is 57.2 Å². The van der Waals surface area contributed by atoms with Crippen molar-refractivity contribution in [2.45, 2.75) is 44.4 Å². The number of esters is 2. The van der Waals surface area contributed by atoms with Crippen molar-refractivity contribution in [3.8, 4) is 40.2 Å². The van der Waals surface area contributed by atoms with E-state index in [-0.39, 0.29) is 46.3 Å². The van der Waals surface area contributed by atoms with E-state index >= 15 is 0 Å². The highest BCUT2D eigenvalue weighted by atomic mass is 127. The zero-order valence-corrected chi connectivity index (χ0v) is 38.9. The lowest BCUT2D eigenvalue weighted by Crippen LogP contribution is -2.44. The number of hydrogen-bond acceptors (Lipinski definition) is 11. The molecule has 2 aliphatic heterocycles. The van der Waals surface area contributed by atoms with E-state index in [0.717, 1.165) is 0 Å². The third kappa shape index (κ3) is 8.35. The minimum Gasteiger partial charge on any atom is -0.508 e. The average molecular weight is 1240 g/mol. The molecule has 7 rings (SSSR count). The van der Waals surface area contributed by atoms with Gasteiger partial charge in [0.05, 0.1) is 25.4 Å². The van der Waals surface area contributed by atoms with Crippen molar-refractivity contribution in [3.05, 3.63) is 127 Å². The zero-order valence-electron chi connectivity index (χ0n) is 30.3. The molecule has 17 heteroatoms. The van der Waals surface area contributed by atoms with Crippen LogP contribution in [0.4, 0.5) is 4.79 Å². The highest BCUT2D eigenvalue weighted by molar-refractivity contribution is 14.1. The Balaban J connectivity index is 1.13. The molecule has 5 aromatic rings. The van der Waals surface area contributed by atoms with E-state index in [0.29, 0.717) is 48.0 Å². The number of carboxylic acids is 1. The molecule has 2 heterocycles. The minimum atomic E-state index is -1.56. The standard InChI is InChI=1S/C41H29I4NO12/c1-40(2,3)58-39(53)46-31(36(49)50)12-18-10-27(42)34(28(43)11-18)54-22-16-29(44)35(30(45)17-22)56-37(51)19-4-7-23-26(13-19)41(57-38(23)52)24-8-5-20(47)14-32(24)55-33-15-21(48)6-9-25(33)41/h4-11,13-17,31,47-48H,12H2,1-3H3,(H,46,53)(H,49,50)/t31-/m1/s1. The molecule has 0 saturated carbocycles. The van der Waals surface area contributed by atoms with Crippen molar-refractivity contribution in [1.29, 1.82) is 0 Å². The van der Waals surface area contributed by atoms with Crippen LogP contribution in [-0.2, 0) is 26.3 Å². The Morgan fingerprint density at radius 1 is 0.776 bits per heavy atom. The molecule has 0 fully saturated rings. The number of carbonyl (C=O) groups is 4. The molecule has 1 atom stereocenters. The first-order valence-electron chi connectivity index (χ1n) is 17.1. The summed E-state index contributed by atoms with van der Waals surface area (Å²) in [6.07, 6.45) is -0.818. The summed E-state index contributed by atoms with van der Waals surface area (Å²) >= 11 is 8.30. The molecule has 5 aromatic carbocycles. The minimum absolute atomic E-state index is 0.00929. The fraction of sp³-hybridized carbons (Fsp3) is 0.171. The molecule has 2 aliphatic rings. The predicted molar refractivity (Wildman–Crippen MR) is 241 cm³/mol. The van der Waals surface area contributed by atoms with Crippen LogP contribution in [0.2, 0.25) is 0 Å². The summed E-state index contributed by atoms with van der Waals surface area (Å²) in [5.41, 5.74) is -0.145. The van der Waals surface area contributed by atoms with Gasteiger partial charge in [0.25, 0.3) is 0 Å². The van der Waals surface area contributed by atoms with Crippen LogP contribution in [0.3, 0.4) is 0 Å². The molecule has 1 amide bonds. The summed E-state index contributed by atoms with van der Waals surface area (Å²) in [4.78, 5) is 51.5. The molecule has 0 radical (unpaired) electrons. The van der Waals surface area contributed by atoms with E-state index in [2.05, 4.69) is 50.5 Å². The average Bonchev–Trinajstić information content (AvgIpc) is 3.41. The maximum atomic E-state index is 13.8. The number of aliphatic carboxylic acids is 1. The number of benzene rings is 5. The molecular formula is C41H29I4NO12. The summed E-state index contributed by atoms with van der Waals surface area (Å²) in [6.45, 7) is 5.07. The van der Waals surface area contributed by atoms with E-state index in [9.17, 15) is 34.5 Å². The van der Waals surface area contributed by atoms with Crippen molar-refractivity contribution in [2.24, 2.45) is 0 Å². The van der Waals surface area contributed by atoms with E-state index < -0.39 is 41.2 Å². The van der Waals surface area contributed by atoms with Crippen LogP contribution in [0.15, 0.2) is 78.9 Å². The maximum Gasteiger partial charge on any atom is 0.408 e. The Hall–Kier alpha value is -4.10. The first-order valence-corrected chi connectivity index (χ1v) is 21.5. The van der Waals surface area contributed by atoms with Gasteiger partial charge in [-0.3, -0.25) is 0 Å². The largest absolute Gasteiger partial charge is 0.508 e. The second-order valence-electron chi connectivity index (χ2n) is 14.1. The number of carbonyl (C=O) groups excluding carboxylic acids is 3. The van der Waals surface area contributed by atoms with Gasteiger partial charge in [0.2, 0.25) is 0 Å². The van der Waals surface area contributed by atoms with Crippen LogP contribution >= 0.6 is 90.4 Å². The van der Waals surface area contributed by atoms with Crippen LogP contribution in [0.25, 0.3) is 0 Å². The number of rotatable bonds is 8. The number of phenols is 2. The van der Waals surface area contributed by atoms with Gasteiger partial charge in [0, 0.05) is 35.2 Å². The fourth-order valence-corrected chi connectivity index (χ4v) is 10.6. The number of amides is 1. The van der Waals surface area contributed by atoms with Gasteiger partial charge in [-0.15, -0.1) is 0 Å². The van der Waals surface area contributed by atoms with Gasteiger partial charge in [-0.25, -0.2) is 19.2 Å². The lowest BCUT2D eigenvalue weighted by Gasteiger charge is -2.36. The monoisotopic (exact) mass is 1230 g/mol. The van der Waals surface area contributed by atoms with Crippen LogP contribution in [0.1, 0.15) is 63.7 Å². The summed E-state index contributed by atoms with van der Waals surface area (Å²) in [6, 6.07) is 19.1. The molecule has 0 bridgehead atoms. The molecule has 0 saturated heterocycles. The molecule has 0 unspecified atom stereocenters. The summed E-state index contributed by atoms with van der Waals surface area (Å²) in [7, 11) is 0. The highest BCUT2D eigenvalue weighted by Gasteiger charge is 2.54. The molecule has 4 N–H and O–H groups in total. The first kappa shape index (κ1) is 42.0. The Labute approximate surface area is 385 Å². The van der Waals surface area contributed by atoms with Crippen LogP contribution < -0.4 is 19.5 Å². The second-order valence-corrected chi connectivity index (χ2v) is 18.8. The lowest BCUT2D eigenvalue weighted by atomic mass is 9.77. The van der Waals surface area contributed by atoms with Gasteiger partial charge in [-0.1, -0.05) is 0 Å². The Morgan fingerprint density at radius 3 is 1.90 bits per heavy atom. The Morgan fingerprint density at radius 2 is 1.34 bits per heavy atom. The van der Waals surface area contributed by atoms with Gasteiger partial charge >= 0.3 is 24.0 Å². The maximum absolute atomic E-state index is 13.8. The smallest absolute Gasteiger partial charge is 0.408 e.